The Kier molecular flexibility index (Phi) is 7.23. The first-order valence-corrected chi connectivity index (χ1v) is 11.5. The second-order valence-electron chi connectivity index (χ2n) is 8.93. The molecular weight excluding hydrogens is 423 g/mol. The zero-order chi connectivity index (χ0) is 23.4. The van der Waals surface area contributed by atoms with Crippen LogP contribution in [-0.4, -0.2) is 83.9 Å². The van der Waals surface area contributed by atoms with Crippen LogP contribution < -0.4 is 4.74 Å². The number of rotatable bonds is 5. The van der Waals surface area contributed by atoms with Crippen molar-refractivity contribution in [3.8, 4) is 5.75 Å². The molecule has 0 unspecified atom stereocenters. The number of pyridine rings is 1. The molecule has 2 saturated heterocycles. The first-order valence-electron chi connectivity index (χ1n) is 11.5. The number of aromatic nitrogens is 1. The van der Waals surface area contributed by atoms with Gasteiger partial charge in [0.15, 0.2) is 0 Å². The Morgan fingerprint density at radius 1 is 1.06 bits per heavy atom. The van der Waals surface area contributed by atoms with E-state index in [-0.39, 0.29) is 29.7 Å². The number of piperazine rings is 1. The highest BCUT2D eigenvalue weighted by Gasteiger charge is 2.36. The van der Waals surface area contributed by atoms with Crippen LogP contribution in [0.4, 0.5) is 4.39 Å². The molecule has 176 valence electrons. The number of piperidine rings is 1. The van der Waals surface area contributed by atoms with Crippen molar-refractivity contribution in [3.05, 3.63) is 59.7 Å². The number of carbonyl (C=O) groups is 2. The summed E-state index contributed by atoms with van der Waals surface area (Å²) < 4.78 is 19.5. The second kappa shape index (κ2) is 10.3. The number of halogens is 1. The summed E-state index contributed by atoms with van der Waals surface area (Å²) >= 11 is 0. The standard InChI is InChI=1S/C25H31FN4O3/c1-18-22(4-3-10-27-18)25(32)30-11-9-23(33-21-7-5-20(26)6-8-21)19(17-30)16-24(31)29-14-12-28(2)13-15-29/h3-8,10,19,23H,9,11-17H2,1-2H3/t19-,23-/m0/s1. The van der Waals surface area contributed by atoms with Gasteiger partial charge in [0.05, 0.1) is 5.56 Å². The molecule has 4 rings (SSSR count). The Hall–Kier alpha value is -3.00. The second-order valence-corrected chi connectivity index (χ2v) is 8.93. The van der Waals surface area contributed by atoms with Crippen LogP contribution in [0.15, 0.2) is 42.6 Å². The van der Waals surface area contributed by atoms with Gasteiger partial charge in [0.2, 0.25) is 5.91 Å². The number of nitrogens with zero attached hydrogens (tertiary/aromatic N) is 4. The first kappa shape index (κ1) is 23.2. The lowest BCUT2D eigenvalue weighted by Gasteiger charge is -2.40. The smallest absolute Gasteiger partial charge is 0.255 e. The van der Waals surface area contributed by atoms with Gasteiger partial charge in [-0.1, -0.05) is 0 Å². The van der Waals surface area contributed by atoms with Crippen molar-refractivity contribution < 1.29 is 18.7 Å². The maximum atomic E-state index is 13.3. The van der Waals surface area contributed by atoms with E-state index in [0.717, 1.165) is 13.1 Å². The monoisotopic (exact) mass is 454 g/mol. The topological polar surface area (TPSA) is 66.0 Å². The third-order valence-electron chi connectivity index (χ3n) is 6.58. The number of aryl methyl sites for hydroxylation is 1. The molecule has 2 atom stereocenters. The zero-order valence-corrected chi connectivity index (χ0v) is 19.2. The summed E-state index contributed by atoms with van der Waals surface area (Å²) in [6, 6.07) is 9.48. The van der Waals surface area contributed by atoms with E-state index in [1.54, 1.807) is 35.4 Å². The van der Waals surface area contributed by atoms with Crippen molar-refractivity contribution in [1.29, 1.82) is 0 Å². The number of ether oxygens (including phenoxy) is 1. The third-order valence-corrected chi connectivity index (χ3v) is 6.58. The average molecular weight is 455 g/mol. The highest BCUT2D eigenvalue weighted by atomic mass is 19.1. The van der Waals surface area contributed by atoms with E-state index in [1.165, 1.54) is 12.1 Å². The van der Waals surface area contributed by atoms with Gasteiger partial charge in [0, 0.05) is 69.9 Å². The summed E-state index contributed by atoms with van der Waals surface area (Å²) in [6.07, 6.45) is 2.35. The molecule has 3 heterocycles. The van der Waals surface area contributed by atoms with Crippen LogP contribution in [0, 0.1) is 18.7 Å². The Morgan fingerprint density at radius 3 is 2.48 bits per heavy atom. The molecule has 7 nitrogen and oxygen atoms in total. The van der Waals surface area contributed by atoms with Crippen molar-refractivity contribution >= 4 is 11.8 Å². The van der Waals surface area contributed by atoms with Crippen LogP contribution in [0.1, 0.15) is 28.9 Å². The number of likely N-dealkylation sites (tertiary alicyclic amines) is 1. The fourth-order valence-electron chi connectivity index (χ4n) is 4.52. The summed E-state index contributed by atoms with van der Waals surface area (Å²) in [7, 11) is 2.05. The van der Waals surface area contributed by atoms with Gasteiger partial charge in [-0.2, -0.15) is 0 Å². The van der Waals surface area contributed by atoms with Crippen LogP contribution >= 0.6 is 0 Å². The minimum Gasteiger partial charge on any atom is -0.490 e. The van der Waals surface area contributed by atoms with Gasteiger partial charge in [-0.3, -0.25) is 14.6 Å². The van der Waals surface area contributed by atoms with E-state index >= 15 is 0 Å². The quantitative estimate of drug-likeness (QED) is 0.695. The van der Waals surface area contributed by atoms with Crippen LogP contribution in [0.5, 0.6) is 5.75 Å². The molecule has 2 aliphatic heterocycles. The molecule has 0 radical (unpaired) electrons. The summed E-state index contributed by atoms with van der Waals surface area (Å²) in [6.45, 7) is 5.92. The number of hydrogen-bond donors (Lipinski definition) is 0. The maximum Gasteiger partial charge on any atom is 0.255 e. The van der Waals surface area contributed by atoms with Crippen molar-refractivity contribution in [2.24, 2.45) is 5.92 Å². The lowest BCUT2D eigenvalue weighted by atomic mass is 9.90. The highest BCUT2D eigenvalue weighted by Crippen LogP contribution is 2.28. The molecular formula is C25H31FN4O3. The zero-order valence-electron chi connectivity index (χ0n) is 19.2. The van der Waals surface area contributed by atoms with E-state index in [4.69, 9.17) is 4.74 Å². The van der Waals surface area contributed by atoms with Crippen molar-refractivity contribution in [2.45, 2.75) is 25.9 Å². The van der Waals surface area contributed by atoms with E-state index in [0.29, 0.717) is 56.0 Å². The predicted octanol–water partition coefficient (Wildman–Crippen LogP) is 2.60. The van der Waals surface area contributed by atoms with Crippen LogP contribution in [0.2, 0.25) is 0 Å². The van der Waals surface area contributed by atoms with Crippen LogP contribution in [0.25, 0.3) is 0 Å². The van der Waals surface area contributed by atoms with Gasteiger partial charge in [-0.25, -0.2) is 4.39 Å². The SMILES string of the molecule is Cc1ncccc1C(=O)N1CC[C@H](Oc2ccc(F)cc2)[C@@H](CC(=O)N2CCN(C)CC2)C1. The molecule has 1 aromatic carbocycles. The maximum absolute atomic E-state index is 13.3. The molecule has 1 aromatic heterocycles. The number of amides is 2. The van der Waals surface area contributed by atoms with E-state index in [1.807, 2.05) is 11.8 Å². The fraction of sp³-hybridized carbons (Fsp3) is 0.480. The van der Waals surface area contributed by atoms with Crippen LogP contribution in [-0.2, 0) is 4.79 Å². The number of likely N-dealkylation sites (N-methyl/N-ethyl adjacent to an activating group) is 1. The summed E-state index contributed by atoms with van der Waals surface area (Å²) in [5, 5.41) is 0. The molecule has 0 bridgehead atoms. The van der Waals surface area contributed by atoms with Crippen molar-refractivity contribution in [1.82, 2.24) is 19.7 Å². The van der Waals surface area contributed by atoms with Crippen molar-refractivity contribution in [3.63, 3.8) is 0 Å². The number of benzene rings is 1. The minimum atomic E-state index is -0.323. The normalized spacial score (nSPS) is 21.7. The Balaban J connectivity index is 1.49. The van der Waals surface area contributed by atoms with Gasteiger partial charge in [-0.05, 0) is 50.4 Å². The van der Waals surface area contributed by atoms with Gasteiger partial charge >= 0.3 is 0 Å². The fourth-order valence-corrected chi connectivity index (χ4v) is 4.52. The van der Waals surface area contributed by atoms with Crippen LogP contribution in [0.3, 0.4) is 0 Å². The Bertz CT molecular complexity index is 976. The summed E-state index contributed by atoms with van der Waals surface area (Å²) in [5.41, 5.74) is 1.27. The lowest BCUT2D eigenvalue weighted by molar-refractivity contribution is -0.135. The van der Waals surface area contributed by atoms with E-state index in [2.05, 4.69) is 16.9 Å². The minimum absolute atomic E-state index is 0.0714. The molecule has 2 amide bonds. The van der Waals surface area contributed by atoms with Gasteiger partial charge < -0.3 is 19.4 Å². The molecule has 0 spiro atoms. The van der Waals surface area contributed by atoms with Gasteiger partial charge in [-0.15, -0.1) is 0 Å². The molecule has 8 heteroatoms. The Labute approximate surface area is 194 Å². The van der Waals surface area contributed by atoms with Gasteiger partial charge in [0.1, 0.15) is 17.7 Å². The Morgan fingerprint density at radius 2 is 1.79 bits per heavy atom. The molecule has 2 aliphatic rings. The molecule has 2 aromatic rings. The molecule has 0 saturated carbocycles. The molecule has 0 aliphatic carbocycles. The van der Waals surface area contributed by atoms with Gasteiger partial charge in [0.25, 0.3) is 5.91 Å². The summed E-state index contributed by atoms with van der Waals surface area (Å²) in [5.74, 6) is 0.111. The lowest BCUT2D eigenvalue weighted by Crippen LogP contribution is -2.51. The van der Waals surface area contributed by atoms with E-state index in [9.17, 15) is 14.0 Å². The average Bonchev–Trinajstić information content (AvgIpc) is 2.82. The molecule has 0 N–H and O–H groups in total. The first-order chi connectivity index (χ1) is 15.9. The van der Waals surface area contributed by atoms with E-state index < -0.39 is 0 Å². The summed E-state index contributed by atoms with van der Waals surface area (Å²) in [4.78, 5) is 36.5. The predicted molar refractivity (Wildman–Crippen MR) is 122 cm³/mol. The molecule has 33 heavy (non-hydrogen) atoms. The number of hydrogen-bond acceptors (Lipinski definition) is 5. The molecule has 2 fully saturated rings. The number of carbonyl (C=O) groups excluding carboxylic acids is 2. The van der Waals surface area contributed by atoms with Crippen molar-refractivity contribution in [2.75, 3.05) is 46.3 Å². The highest BCUT2D eigenvalue weighted by molar-refractivity contribution is 5.95. The third kappa shape index (κ3) is 5.68. The largest absolute Gasteiger partial charge is 0.490 e.